The molecule has 0 bridgehead atoms. The SMILES string of the molecule is COC(=O)C(O)/C=C/c1ccc(Cl)cc1Cl. The van der Waals surface area contributed by atoms with Crippen LogP contribution in [0.15, 0.2) is 24.3 Å². The van der Waals surface area contributed by atoms with E-state index in [2.05, 4.69) is 4.74 Å². The van der Waals surface area contributed by atoms with E-state index < -0.39 is 12.1 Å². The minimum atomic E-state index is -1.29. The number of benzene rings is 1. The van der Waals surface area contributed by atoms with Crippen molar-refractivity contribution in [2.45, 2.75) is 6.10 Å². The second-order valence-corrected chi connectivity index (χ2v) is 3.84. The molecule has 0 aliphatic heterocycles. The standard InChI is InChI=1S/C11H10Cl2O3/c1-16-11(15)10(14)5-3-7-2-4-8(12)6-9(7)13/h2-6,10,14H,1H3/b5-3+. The summed E-state index contributed by atoms with van der Waals surface area (Å²) < 4.78 is 4.36. The summed E-state index contributed by atoms with van der Waals surface area (Å²) in [5, 5.41) is 10.3. The van der Waals surface area contributed by atoms with Crippen LogP contribution < -0.4 is 0 Å². The number of hydrogen-bond donors (Lipinski definition) is 1. The number of carbonyl (C=O) groups is 1. The van der Waals surface area contributed by atoms with E-state index in [4.69, 9.17) is 23.2 Å². The summed E-state index contributed by atoms with van der Waals surface area (Å²) in [6, 6.07) is 4.93. The predicted octanol–water partition coefficient (Wildman–Crippen LogP) is 2.54. The van der Waals surface area contributed by atoms with Gasteiger partial charge in [0.2, 0.25) is 0 Å². The molecule has 0 saturated heterocycles. The minimum Gasteiger partial charge on any atom is -0.467 e. The number of hydrogen-bond acceptors (Lipinski definition) is 3. The maximum absolute atomic E-state index is 10.9. The van der Waals surface area contributed by atoms with Gasteiger partial charge in [-0.1, -0.05) is 35.3 Å². The van der Waals surface area contributed by atoms with Gasteiger partial charge in [0.05, 0.1) is 7.11 Å². The molecule has 86 valence electrons. The number of rotatable bonds is 3. The molecular formula is C11H10Cl2O3. The third kappa shape index (κ3) is 3.52. The van der Waals surface area contributed by atoms with Gasteiger partial charge in [-0.05, 0) is 23.8 Å². The highest BCUT2D eigenvalue weighted by atomic mass is 35.5. The quantitative estimate of drug-likeness (QED) is 0.850. The topological polar surface area (TPSA) is 46.5 Å². The van der Waals surface area contributed by atoms with Crippen LogP contribution in [0.4, 0.5) is 0 Å². The molecule has 1 aromatic carbocycles. The molecule has 3 nitrogen and oxygen atoms in total. The molecule has 0 aliphatic carbocycles. The molecule has 5 heteroatoms. The van der Waals surface area contributed by atoms with E-state index in [0.717, 1.165) is 0 Å². The maximum Gasteiger partial charge on any atom is 0.338 e. The zero-order valence-electron chi connectivity index (χ0n) is 8.48. The third-order valence-corrected chi connectivity index (χ3v) is 2.43. The molecule has 0 aliphatic rings. The predicted molar refractivity (Wildman–Crippen MR) is 63.5 cm³/mol. The van der Waals surface area contributed by atoms with Crippen molar-refractivity contribution in [3.63, 3.8) is 0 Å². The molecule has 0 aromatic heterocycles. The highest BCUT2D eigenvalue weighted by Gasteiger charge is 2.10. The van der Waals surface area contributed by atoms with Crippen LogP contribution in [0.25, 0.3) is 6.08 Å². The molecule has 0 heterocycles. The Morgan fingerprint density at radius 3 is 2.75 bits per heavy atom. The van der Waals surface area contributed by atoms with Gasteiger partial charge in [-0.25, -0.2) is 4.79 Å². The van der Waals surface area contributed by atoms with E-state index in [1.165, 1.54) is 19.3 Å². The Bertz CT molecular complexity index is 416. The van der Waals surface area contributed by atoms with E-state index >= 15 is 0 Å². The Hall–Kier alpha value is -1.03. The van der Waals surface area contributed by atoms with Crippen LogP contribution in [-0.4, -0.2) is 24.3 Å². The molecule has 0 spiro atoms. The lowest BCUT2D eigenvalue weighted by atomic mass is 10.2. The molecule has 0 fully saturated rings. The van der Waals surface area contributed by atoms with E-state index in [-0.39, 0.29) is 0 Å². The van der Waals surface area contributed by atoms with Crippen LogP contribution in [-0.2, 0) is 9.53 Å². The molecule has 1 N–H and O–H groups in total. The highest BCUT2D eigenvalue weighted by Crippen LogP contribution is 2.22. The lowest BCUT2D eigenvalue weighted by Crippen LogP contribution is -2.18. The van der Waals surface area contributed by atoms with E-state index in [9.17, 15) is 9.90 Å². The fraction of sp³-hybridized carbons (Fsp3) is 0.182. The maximum atomic E-state index is 10.9. The zero-order valence-corrected chi connectivity index (χ0v) is 10.00. The molecule has 16 heavy (non-hydrogen) atoms. The van der Waals surface area contributed by atoms with Crippen molar-refractivity contribution in [1.29, 1.82) is 0 Å². The largest absolute Gasteiger partial charge is 0.467 e. The summed E-state index contributed by atoms with van der Waals surface area (Å²) in [6.45, 7) is 0. The van der Waals surface area contributed by atoms with Crippen LogP contribution in [0.3, 0.4) is 0 Å². The Morgan fingerprint density at radius 2 is 2.19 bits per heavy atom. The molecular weight excluding hydrogens is 251 g/mol. The van der Waals surface area contributed by atoms with E-state index in [0.29, 0.717) is 15.6 Å². The van der Waals surface area contributed by atoms with Crippen molar-refractivity contribution in [3.05, 3.63) is 39.9 Å². The van der Waals surface area contributed by atoms with Gasteiger partial charge in [0.1, 0.15) is 0 Å². The first kappa shape index (κ1) is 13.0. The summed E-state index contributed by atoms with van der Waals surface area (Å²) in [7, 11) is 1.20. The first-order valence-electron chi connectivity index (χ1n) is 4.43. The van der Waals surface area contributed by atoms with Gasteiger partial charge < -0.3 is 9.84 Å². The summed E-state index contributed by atoms with van der Waals surface area (Å²) in [5.74, 6) is -0.721. The summed E-state index contributed by atoms with van der Waals surface area (Å²) in [5.41, 5.74) is 0.661. The molecule has 0 radical (unpaired) electrons. The number of aliphatic hydroxyl groups excluding tert-OH is 1. The van der Waals surface area contributed by atoms with Crippen LogP contribution >= 0.6 is 23.2 Å². The van der Waals surface area contributed by atoms with Gasteiger partial charge >= 0.3 is 5.97 Å². The van der Waals surface area contributed by atoms with Gasteiger partial charge in [0.25, 0.3) is 0 Å². The van der Waals surface area contributed by atoms with Crippen molar-refractivity contribution in [1.82, 2.24) is 0 Å². The number of halogens is 2. The molecule has 1 unspecified atom stereocenters. The zero-order chi connectivity index (χ0) is 12.1. The Balaban J connectivity index is 2.80. The van der Waals surface area contributed by atoms with Crippen molar-refractivity contribution in [3.8, 4) is 0 Å². The number of esters is 1. The molecule has 1 atom stereocenters. The molecule has 0 saturated carbocycles. The van der Waals surface area contributed by atoms with E-state index in [1.54, 1.807) is 18.2 Å². The first-order valence-corrected chi connectivity index (χ1v) is 5.19. The average Bonchev–Trinajstić information content (AvgIpc) is 2.26. The Morgan fingerprint density at radius 1 is 1.50 bits per heavy atom. The van der Waals surface area contributed by atoms with Crippen LogP contribution in [0.2, 0.25) is 10.0 Å². The highest BCUT2D eigenvalue weighted by molar-refractivity contribution is 6.35. The van der Waals surface area contributed by atoms with E-state index in [1.807, 2.05) is 0 Å². The smallest absolute Gasteiger partial charge is 0.338 e. The van der Waals surface area contributed by atoms with Gasteiger partial charge in [-0.3, -0.25) is 0 Å². The lowest BCUT2D eigenvalue weighted by Gasteiger charge is -2.03. The second kappa shape index (κ2) is 5.89. The Kier molecular flexibility index (Phi) is 4.80. The fourth-order valence-corrected chi connectivity index (χ4v) is 1.50. The molecule has 0 amide bonds. The number of methoxy groups -OCH3 is 1. The van der Waals surface area contributed by atoms with Crippen LogP contribution in [0.5, 0.6) is 0 Å². The van der Waals surface area contributed by atoms with Gasteiger partial charge in [-0.15, -0.1) is 0 Å². The number of carbonyl (C=O) groups excluding carboxylic acids is 1. The van der Waals surface area contributed by atoms with Gasteiger partial charge in [0, 0.05) is 10.0 Å². The summed E-state index contributed by atoms with van der Waals surface area (Å²) in [6.07, 6.45) is 1.53. The lowest BCUT2D eigenvalue weighted by molar-refractivity contribution is -0.147. The first-order chi connectivity index (χ1) is 7.54. The average molecular weight is 261 g/mol. The molecule has 1 aromatic rings. The second-order valence-electron chi connectivity index (χ2n) is 2.99. The normalized spacial score (nSPS) is 12.8. The van der Waals surface area contributed by atoms with Crippen molar-refractivity contribution in [2.24, 2.45) is 0 Å². The fourth-order valence-electron chi connectivity index (χ4n) is 1.03. The van der Waals surface area contributed by atoms with Crippen LogP contribution in [0, 0.1) is 0 Å². The van der Waals surface area contributed by atoms with Crippen molar-refractivity contribution < 1.29 is 14.6 Å². The monoisotopic (exact) mass is 260 g/mol. The molecule has 1 rings (SSSR count). The summed E-state index contributed by atoms with van der Waals surface area (Å²) >= 11 is 11.6. The van der Waals surface area contributed by atoms with Crippen molar-refractivity contribution in [2.75, 3.05) is 7.11 Å². The van der Waals surface area contributed by atoms with Crippen molar-refractivity contribution >= 4 is 35.2 Å². The third-order valence-electron chi connectivity index (χ3n) is 1.86. The minimum absolute atomic E-state index is 0.445. The Labute approximate surface area is 103 Å². The van der Waals surface area contributed by atoms with Gasteiger partial charge in [-0.2, -0.15) is 0 Å². The van der Waals surface area contributed by atoms with Crippen LogP contribution in [0.1, 0.15) is 5.56 Å². The number of ether oxygens (including phenoxy) is 1. The number of aliphatic hydroxyl groups is 1. The van der Waals surface area contributed by atoms with Gasteiger partial charge in [0.15, 0.2) is 6.10 Å². The summed E-state index contributed by atoms with van der Waals surface area (Å²) in [4.78, 5) is 10.9.